The third-order valence-electron chi connectivity index (χ3n) is 4.13. The Morgan fingerprint density at radius 2 is 1.29 bits per heavy atom. The molecule has 0 spiro atoms. The zero-order valence-electron chi connectivity index (χ0n) is 14.6. The number of esters is 2. The van der Waals surface area contributed by atoms with Gasteiger partial charge >= 0.3 is 11.9 Å². The van der Waals surface area contributed by atoms with E-state index in [-0.39, 0.29) is 24.3 Å². The van der Waals surface area contributed by atoms with E-state index in [1.807, 2.05) is 25.5 Å². The van der Waals surface area contributed by atoms with Crippen LogP contribution in [0.2, 0.25) is 0 Å². The van der Waals surface area contributed by atoms with E-state index in [0.717, 1.165) is 22.2 Å². The van der Waals surface area contributed by atoms with Crippen LogP contribution in [0.3, 0.4) is 0 Å². The first-order valence-electron chi connectivity index (χ1n) is 7.81. The predicted molar refractivity (Wildman–Crippen MR) is 90.6 cm³/mol. The van der Waals surface area contributed by atoms with Gasteiger partial charge in [-0.05, 0) is 39.8 Å². The molecule has 0 aliphatic carbocycles. The van der Waals surface area contributed by atoms with Crippen molar-refractivity contribution in [1.29, 1.82) is 0 Å². The van der Waals surface area contributed by atoms with Gasteiger partial charge in [0.1, 0.15) is 11.1 Å². The minimum atomic E-state index is -0.744. The maximum absolute atomic E-state index is 12.7. The highest BCUT2D eigenvalue weighted by atomic mass is 16.5. The molecular weight excluding hydrogens is 310 g/mol. The summed E-state index contributed by atoms with van der Waals surface area (Å²) in [7, 11) is 1.89. The largest absolute Gasteiger partial charge is 0.462 e. The van der Waals surface area contributed by atoms with Gasteiger partial charge < -0.3 is 14.0 Å². The van der Waals surface area contributed by atoms with Crippen LogP contribution in [0.1, 0.15) is 46.0 Å². The lowest BCUT2D eigenvalue weighted by Gasteiger charge is -2.02. The number of nitrogens with zero attached hydrogens (tertiary/aromatic N) is 1. The Morgan fingerprint density at radius 1 is 0.917 bits per heavy atom. The van der Waals surface area contributed by atoms with Crippen LogP contribution in [-0.2, 0) is 16.5 Å². The van der Waals surface area contributed by atoms with Crippen molar-refractivity contribution in [3.63, 3.8) is 0 Å². The summed E-state index contributed by atoms with van der Waals surface area (Å²) in [5, 5.41) is 1.46. The van der Waals surface area contributed by atoms with E-state index in [2.05, 4.69) is 0 Å². The highest BCUT2D eigenvalue weighted by Crippen LogP contribution is 2.25. The van der Waals surface area contributed by atoms with Gasteiger partial charge in [-0.3, -0.25) is 4.79 Å². The Bertz CT molecular complexity index is 812. The minimum absolute atomic E-state index is 0.140. The van der Waals surface area contributed by atoms with Gasteiger partial charge in [0.2, 0.25) is 5.43 Å². The second kappa shape index (κ2) is 6.86. The Balaban J connectivity index is 2.93. The number of aryl methyl sites for hydroxylation is 2. The van der Waals surface area contributed by atoms with E-state index in [1.165, 1.54) is 12.1 Å². The fourth-order valence-corrected chi connectivity index (χ4v) is 2.65. The number of hydrogen-bond donors (Lipinski definition) is 0. The molecule has 128 valence electrons. The van der Waals surface area contributed by atoms with Gasteiger partial charge in [-0.25, -0.2) is 9.59 Å². The Hall–Kier alpha value is -2.63. The first-order chi connectivity index (χ1) is 11.3. The average molecular weight is 331 g/mol. The van der Waals surface area contributed by atoms with Crippen LogP contribution >= 0.6 is 0 Å². The number of ether oxygens (including phenoxy) is 2. The van der Waals surface area contributed by atoms with Crippen molar-refractivity contribution in [2.24, 2.45) is 7.05 Å². The van der Waals surface area contributed by atoms with Crippen LogP contribution in [0.15, 0.2) is 16.9 Å². The van der Waals surface area contributed by atoms with Crippen molar-refractivity contribution >= 4 is 22.7 Å². The van der Waals surface area contributed by atoms with Gasteiger partial charge in [0.05, 0.1) is 13.2 Å². The molecule has 1 aromatic heterocycles. The maximum Gasteiger partial charge on any atom is 0.342 e. The lowest BCUT2D eigenvalue weighted by molar-refractivity contribution is 0.0523. The number of aromatic nitrogens is 1. The number of hydrogen-bond acceptors (Lipinski definition) is 5. The van der Waals surface area contributed by atoms with Crippen LogP contribution in [0.25, 0.3) is 10.8 Å². The molecule has 0 aliphatic heterocycles. The fourth-order valence-electron chi connectivity index (χ4n) is 2.65. The second-order valence-electron chi connectivity index (χ2n) is 5.44. The Kier molecular flexibility index (Phi) is 5.07. The number of rotatable bonds is 4. The van der Waals surface area contributed by atoms with Crippen LogP contribution in [-0.4, -0.2) is 29.7 Å². The average Bonchev–Trinajstić information content (AvgIpc) is 2.67. The molecule has 0 bridgehead atoms. The van der Waals surface area contributed by atoms with E-state index in [9.17, 15) is 14.4 Å². The molecule has 0 amide bonds. The van der Waals surface area contributed by atoms with Gasteiger partial charge in [0.15, 0.2) is 0 Å². The third-order valence-corrected chi connectivity index (χ3v) is 4.13. The maximum atomic E-state index is 12.7. The van der Waals surface area contributed by atoms with Gasteiger partial charge in [-0.1, -0.05) is 0 Å². The Labute approximate surface area is 140 Å². The fraction of sp³-hybridized carbons (Fsp3) is 0.389. The lowest BCUT2D eigenvalue weighted by Crippen LogP contribution is -2.22. The monoisotopic (exact) mass is 331 g/mol. The summed E-state index contributed by atoms with van der Waals surface area (Å²) in [5.41, 5.74) is 0.772. The quantitative estimate of drug-likeness (QED) is 0.805. The van der Waals surface area contributed by atoms with E-state index in [0.29, 0.717) is 0 Å². The molecule has 2 aromatic rings. The topological polar surface area (TPSA) is 74.6 Å². The molecule has 0 radical (unpaired) electrons. The van der Waals surface area contributed by atoms with Crippen LogP contribution < -0.4 is 5.43 Å². The summed E-state index contributed by atoms with van der Waals surface area (Å²) >= 11 is 0. The summed E-state index contributed by atoms with van der Waals surface area (Å²) < 4.78 is 11.9. The molecule has 0 aliphatic rings. The molecular formula is C18H21NO5. The first kappa shape index (κ1) is 17.7. The summed E-state index contributed by atoms with van der Waals surface area (Å²) in [4.78, 5) is 37.1. The summed E-state index contributed by atoms with van der Waals surface area (Å²) in [6, 6.07) is 3.00. The van der Waals surface area contributed by atoms with Crippen LogP contribution in [0.5, 0.6) is 0 Å². The number of carbonyl (C=O) groups excluding carboxylic acids is 2. The molecule has 24 heavy (non-hydrogen) atoms. The molecule has 0 atom stereocenters. The minimum Gasteiger partial charge on any atom is -0.462 e. The van der Waals surface area contributed by atoms with E-state index < -0.39 is 17.4 Å². The number of fused-ring (bicyclic) bond motifs is 1. The first-order valence-corrected chi connectivity index (χ1v) is 7.81. The zero-order valence-corrected chi connectivity index (χ0v) is 14.6. The van der Waals surface area contributed by atoms with E-state index in [4.69, 9.17) is 9.47 Å². The smallest absolute Gasteiger partial charge is 0.342 e. The van der Waals surface area contributed by atoms with Crippen molar-refractivity contribution < 1.29 is 19.1 Å². The van der Waals surface area contributed by atoms with Crippen LogP contribution in [0, 0.1) is 13.8 Å². The normalized spacial score (nSPS) is 10.7. The zero-order chi connectivity index (χ0) is 18.0. The highest BCUT2D eigenvalue weighted by molar-refractivity contribution is 6.01. The van der Waals surface area contributed by atoms with Gasteiger partial charge in [0.25, 0.3) is 0 Å². The van der Waals surface area contributed by atoms with E-state index >= 15 is 0 Å². The van der Waals surface area contributed by atoms with Gasteiger partial charge in [-0.15, -0.1) is 0 Å². The highest BCUT2D eigenvalue weighted by Gasteiger charge is 2.21. The Morgan fingerprint density at radius 3 is 1.62 bits per heavy atom. The summed E-state index contributed by atoms with van der Waals surface area (Å²) in [6.45, 7) is 7.37. The molecule has 0 saturated carbocycles. The van der Waals surface area contributed by atoms with Crippen molar-refractivity contribution in [2.45, 2.75) is 27.7 Å². The predicted octanol–water partition coefficient (Wildman–Crippen LogP) is 2.51. The molecule has 1 heterocycles. The van der Waals surface area contributed by atoms with Gasteiger partial charge in [0, 0.05) is 29.2 Å². The molecule has 6 nitrogen and oxygen atoms in total. The third kappa shape index (κ3) is 2.91. The van der Waals surface area contributed by atoms with Crippen LogP contribution in [0.4, 0.5) is 0 Å². The molecule has 0 N–H and O–H groups in total. The SMILES string of the molecule is CCOC(=O)c1cc2c(C)n(C)c(C)c2cc(C(=O)OCC)c1=O. The molecule has 6 heteroatoms. The van der Waals surface area contributed by atoms with Crippen molar-refractivity contribution in [3.05, 3.63) is 44.9 Å². The van der Waals surface area contributed by atoms with Crippen molar-refractivity contribution in [2.75, 3.05) is 13.2 Å². The van der Waals surface area contributed by atoms with Crippen molar-refractivity contribution in [3.8, 4) is 0 Å². The standard InChI is InChI=1S/C18H21NO5/c1-6-23-17(21)14-8-12-10(3)19(5)11(4)13(12)9-15(16(14)20)18(22)24-7-2/h8-9H,6-7H2,1-5H3. The summed E-state index contributed by atoms with van der Waals surface area (Å²) in [6.07, 6.45) is 0. The van der Waals surface area contributed by atoms with Crippen molar-refractivity contribution in [1.82, 2.24) is 4.57 Å². The molecule has 0 unspecified atom stereocenters. The number of carbonyl (C=O) groups is 2. The second-order valence-corrected chi connectivity index (χ2v) is 5.44. The molecule has 0 saturated heterocycles. The van der Waals surface area contributed by atoms with Gasteiger partial charge in [-0.2, -0.15) is 0 Å². The lowest BCUT2D eigenvalue weighted by atomic mass is 10.2. The molecule has 1 aromatic carbocycles. The molecule has 0 fully saturated rings. The molecule has 2 rings (SSSR count). The summed E-state index contributed by atoms with van der Waals surface area (Å²) in [5.74, 6) is -1.49. The van der Waals surface area contributed by atoms with E-state index in [1.54, 1.807) is 13.8 Å².